The first-order chi connectivity index (χ1) is 19.7. The highest BCUT2D eigenvalue weighted by Crippen LogP contribution is 2.36. The molecule has 0 bridgehead atoms. The fourth-order valence-electron chi connectivity index (χ4n) is 4.36. The van der Waals surface area contributed by atoms with E-state index in [1.165, 1.54) is 11.3 Å². The van der Waals surface area contributed by atoms with Gasteiger partial charge in [-0.05, 0) is 29.3 Å². The number of alkyl halides is 6. The number of carbonyl (C=O) groups is 3. The molecule has 2 fully saturated rings. The summed E-state index contributed by atoms with van der Waals surface area (Å²) in [6.45, 7) is 7.50. The van der Waals surface area contributed by atoms with Gasteiger partial charge in [-0.25, -0.2) is 4.79 Å². The molecular weight excluding hydrogens is 568 g/mol. The maximum Gasteiger partial charge on any atom is 0.416 e. The van der Waals surface area contributed by atoms with Gasteiger partial charge in [-0.15, -0.1) is 0 Å². The molecular formula is C29H35F6N3O4. The van der Waals surface area contributed by atoms with Crippen molar-refractivity contribution >= 4 is 17.9 Å². The van der Waals surface area contributed by atoms with Gasteiger partial charge >= 0.3 is 18.4 Å². The minimum atomic E-state index is -5.05. The quantitative estimate of drug-likeness (QED) is 0.410. The molecule has 2 aliphatic heterocycles. The van der Waals surface area contributed by atoms with Gasteiger partial charge in [0.25, 0.3) is 0 Å². The smallest absolute Gasteiger partial charge is 0.416 e. The number of benzene rings is 2. The summed E-state index contributed by atoms with van der Waals surface area (Å²) in [7, 11) is 0. The highest BCUT2D eigenvalue weighted by Gasteiger charge is 2.47. The third-order valence-corrected chi connectivity index (χ3v) is 6.13. The Bertz CT molecular complexity index is 1170. The molecule has 0 saturated carbocycles. The third-order valence-electron chi connectivity index (χ3n) is 6.13. The lowest BCUT2D eigenvalue weighted by Gasteiger charge is -2.28. The Labute approximate surface area is 240 Å². The zero-order valence-electron chi connectivity index (χ0n) is 23.8. The molecule has 2 aromatic carbocycles. The van der Waals surface area contributed by atoms with E-state index in [4.69, 9.17) is 4.74 Å². The fraction of sp³-hybridized carbons (Fsp3) is 0.483. The number of carbonyl (C=O) groups excluding carboxylic acids is 3. The van der Waals surface area contributed by atoms with E-state index in [1.54, 1.807) is 30.3 Å². The van der Waals surface area contributed by atoms with E-state index in [0.29, 0.717) is 12.1 Å². The van der Waals surface area contributed by atoms with Crippen molar-refractivity contribution in [3.63, 3.8) is 0 Å². The largest absolute Gasteiger partial charge is 0.445 e. The molecule has 2 unspecified atom stereocenters. The first-order valence-corrected chi connectivity index (χ1v) is 13.6. The second kappa shape index (κ2) is 14.9. The van der Waals surface area contributed by atoms with Crippen molar-refractivity contribution in [1.82, 2.24) is 15.1 Å². The standard InChI is InChI=1S/C24H21F6N3O4.C3H8.C2H6/c25-23(26,27)16-8-15(9-17(10-16)24(28,29)30)13-37-22(36)33-7-6-19(34)31-20-18(33)12-32(21(20)35)11-14-4-2-1-3-5-14;1-3-2;1-2/h1-5,8-10,18,20H,6-7,11-13H2,(H,31,34);3H2,1-2H3;1-2H3. The second-order valence-electron chi connectivity index (χ2n) is 9.44. The molecule has 3 amide bonds. The minimum absolute atomic E-state index is 0.0204. The molecule has 2 aromatic rings. The molecule has 0 aromatic heterocycles. The van der Waals surface area contributed by atoms with Crippen LogP contribution in [0, 0.1) is 0 Å². The monoisotopic (exact) mass is 603 g/mol. The van der Waals surface area contributed by atoms with Crippen LogP contribution >= 0.6 is 0 Å². The van der Waals surface area contributed by atoms with E-state index < -0.39 is 65.6 Å². The van der Waals surface area contributed by atoms with Gasteiger partial charge < -0.3 is 19.9 Å². The first kappa shape index (κ1) is 34.4. The number of rotatable bonds is 4. The highest BCUT2D eigenvalue weighted by atomic mass is 19.4. The molecule has 13 heteroatoms. The molecule has 0 spiro atoms. The van der Waals surface area contributed by atoms with E-state index in [-0.39, 0.29) is 32.1 Å². The molecule has 0 radical (unpaired) electrons. The number of ether oxygens (including phenoxy) is 1. The van der Waals surface area contributed by atoms with Crippen LogP contribution in [0.4, 0.5) is 31.1 Å². The average Bonchev–Trinajstić information content (AvgIpc) is 3.11. The van der Waals surface area contributed by atoms with Gasteiger partial charge in [0, 0.05) is 26.1 Å². The van der Waals surface area contributed by atoms with Gasteiger partial charge in [0.1, 0.15) is 12.6 Å². The Kier molecular flexibility index (Phi) is 12.2. The second-order valence-corrected chi connectivity index (χ2v) is 9.44. The van der Waals surface area contributed by atoms with Gasteiger partial charge in [0.05, 0.1) is 17.2 Å². The summed E-state index contributed by atoms with van der Waals surface area (Å²) in [6, 6.07) is 8.02. The van der Waals surface area contributed by atoms with Crippen LogP contribution in [0.5, 0.6) is 0 Å². The summed E-state index contributed by atoms with van der Waals surface area (Å²) >= 11 is 0. The third kappa shape index (κ3) is 9.12. The van der Waals surface area contributed by atoms with Gasteiger partial charge in [0.15, 0.2) is 0 Å². The van der Waals surface area contributed by atoms with Gasteiger partial charge in [-0.2, -0.15) is 26.3 Å². The number of fused-ring (bicyclic) bond motifs is 1. The van der Waals surface area contributed by atoms with Crippen molar-refractivity contribution in [1.29, 1.82) is 0 Å². The van der Waals surface area contributed by atoms with Gasteiger partial charge in [0.2, 0.25) is 11.8 Å². The van der Waals surface area contributed by atoms with Gasteiger partial charge in [-0.1, -0.05) is 64.4 Å². The van der Waals surface area contributed by atoms with E-state index >= 15 is 0 Å². The Balaban J connectivity index is 0.00000116. The maximum atomic E-state index is 13.1. The van der Waals surface area contributed by atoms with E-state index in [1.807, 2.05) is 13.8 Å². The average molecular weight is 604 g/mol. The maximum absolute atomic E-state index is 13.1. The predicted octanol–water partition coefficient (Wildman–Crippen LogP) is 6.40. The van der Waals surface area contributed by atoms with E-state index in [9.17, 15) is 40.7 Å². The number of likely N-dealkylation sites (tertiary alicyclic amines) is 1. The molecule has 2 atom stereocenters. The normalized spacial score (nSPS) is 18.5. The van der Waals surface area contributed by atoms with Crippen molar-refractivity contribution < 1.29 is 45.5 Å². The highest BCUT2D eigenvalue weighted by molar-refractivity contribution is 5.92. The fourth-order valence-corrected chi connectivity index (χ4v) is 4.36. The summed E-state index contributed by atoms with van der Waals surface area (Å²) in [5.74, 6) is -0.900. The van der Waals surface area contributed by atoms with E-state index in [2.05, 4.69) is 19.2 Å². The topological polar surface area (TPSA) is 79.0 Å². The molecule has 1 N–H and O–H groups in total. The van der Waals surface area contributed by atoms with Crippen molar-refractivity contribution in [2.24, 2.45) is 0 Å². The lowest BCUT2D eigenvalue weighted by atomic mass is 10.1. The molecule has 4 rings (SSSR count). The Morgan fingerprint density at radius 3 is 2.00 bits per heavy atom. The Hall–Kier alpha value is -3.77. The molecule has 42 heavy (non-hydrogen) atoms. The molecule has 0 aliphatic carbocycles. The van der Waals surface area contributed by atoms with Crippen LogP contribution in [-0.2, 0) is 39.8 Å². The molecule has 2 saturated heterocycles. The predicted molar refractivity (Wildman–Crippen MR) is 143 cm³/mol. The van der Waals surface area contributed by atoms with Crippen LogP contribution < -0.4 is 5.32 Å². The van der Waals surface area contributed by atoms with Crippen molar-refractivity contribution in [3.05, 3.63) is 70.8 Å². The number of nitrogens with one attached hydrogen (secondary N) is 1. The van der Waals surface area contributed by atoms with Crippen LogP contribution in [0.1, 0.15) is 62.8 Å². The van der Waals surface area contributed by atoms with Crippen molar-refractivity contribution in [3.8, 4) is 0 Å². The van der Waals surface area contributed by atoms with Gasteiger partial charge in [-0.3, -0.25) is 9.59 Å². The summed E-state index contributed by atoms with van der Waals surface area (Å²) < 4.78 is 83.8. The van der Waals surface area contributed by atoms with Crippen LogP contribution in [0.2, 0.25) is 0 Å². The Morgan fingerprint density at radius 1 is 0.929 bits per heavy atom. The summed E-state index contributed by atoms with van der Waals surface area (Å²) in [5, 5.41) is 2.58. The summed E-state index contributed by atoms with van der Waals surface area (Å²) in [5.41, 5.74) is -2.76. The van der Waals surface area contributed by atoms with Crippen LogP contribution in [0.15, 0.2) is 48.5 Å². The van der Waals surface area contributed by atoms with Crippen LogP contribution in [0.25, 0.3) is 0 Å². The lowest BCUT2D eigenvalue weighted by Crippen LogP contribution is -2.51. The zero-order chi connectivity index (χ0) is 31.7. The van der Waals surface area contributed by atoms with E-state index in [0.717, 1.165) is 10.5 Å². The Morgan fingerprint density at radius 2 is 1.48 bits per heavy atom. The minimum Gasteiger partial charge on any atom is -0.445 e. The lowest BCUT2D eigenvalue weighted by molar-refractivity contribution is -0.143. The number of amides is 3. The number of hydrogen-bond donors (Lipinski definition) is 1. The van der Waals surface area contributed by atoms with Crippen molar-refractivity contribution in [2.75, 3.05) is 13.1 Å². The SMILES string of the molecule is CC.CCC.O=C1CCN(C(=O)OCc2cc(C(F)(F)F)cc(C(F)(F)F)c2)C2CN(Cc3ccccc3)C(=O)C2N1. The molecule has 232 valence electrons. The summed E-state index contributed by atoms with van der Waals surface area (Å²) in [6.07, 6.45) is -10.1. The number of nitrogens with zero attached hydrogens (tertiary/aromatic N) is 2. The van der Waals surface area contributed by atoms with Crippen LogP contribution in [0.3, 0.4) is 0 Å². The molecule has 2 heterocycles. The molecule has 7 nitrogen and oxygen atoms in total. The number of hydrogen-bond acceptors (Lipinski definition) is 4. The first-order valence-electron chi connectivity index (χ1n) is 13.6. The molecule has 2 aliphatic rings. The summed E-state index contributed by atoms with van der Waals surface area (Å²) in [4.78, 5) is 40.6. The number of halogens is 6. The van der Waals surface area contributed by atoms with Crippen LogP contribution in [-0.4, -0.2) is 52.9 Å². The van der Waals surface area contributed by atoms with Crippen molar-refractivity contribution in [2.45, 2.75) is 78.1 Å². The zero-order valence-corrected chi connectivity index (χ0v) is 23.8.